The molecule has 0 unspecified atom stereocenters. The molecule has 1 saturated heterocycles. The molecule has 1 fully saturated rings. The Kier molecular flexibility index (Phi) is 6.49. The van der Waals surface area contributed by atoms with Crippen LogP contribution in [0.2, 0.25) is 0 Å². The predicted octanol–water partition coefficient (Wildman–Crippen LogP) is 3.61. The number of benzene rings is 2. The van der Waals surface area contributed by atoms with Gasteiger partial charge in [0.2, 0.25) is 0 Å². The van der Waals surface area contributed by atoms with Crippen molar-refractivity contribution in [1.82, 2.24) is 10.2 Å². The van der Waals surface area contributed by atoms with Crippen LogP contribution in [-0.2, 0) is 6.54 Å². The van der Waals surface area contributed by atoms with E-state index in [9.17, 15) is 9.59 Å². The molecule has 3 aromatic rings. The van der Waals surface area contributed by atoms with Gasteiger partial charge in [-0.3, -0.25) is 9.69 Å². The van der Waals surface area contributed by atoms with Crippen LogP contribution in [0.1, 0.15) is 28.8 Å². The SMILES string of the molecule is Cl.O=C(NC1CCN(Cc2ccccc2)CC1)c1cc2ccccc2oc1=O. The lowest BCUT2D eigenvalue weighted by Crippen LogP contribution is -2.45. The third kappa shape index (κ3) is 4.61. The van der Waals surface area contributed by atoms with Gasteiger partial charge in [0.05, 0.1) is 0 Å². The van der Waals surface area contributed by atoms with Crippen LogP contribution in [-0.4, -0.2) is 29.9 Å². The van der Waals surface area contributed by atoms with Gasteiger partial charge < -0.3 is 9.73 Å². The zero-order valence-corrected chi connectivity index (χ0v) is 16.3. The number of para-hydroxylation sites is 1. The van der Waals surface area contributed by atoms with E-state index in [2.05, 4.69) is 34.5 Å². The Bertz CT molecular complexity index is 995. The van der Waals surface area contributed by atoms with E-state index in [-0.39, 0.29) is 29.9 Å². The number of hydrogen-bond acceptors (Lipinski definition) is 4. The van der Waals surface area contributed by atoms with E-state index in [4.69, 9.17) is 4.42 Å². The van der Waals surface area contributed by atoms with Crippen molar-refractivity contribution in [3.8, 4) is 0 Å². The molecule has 0 saturated carbocycles. The summed E-state index contributed by atoms with van der Waals surface area (Å²) in [6.45, 7) is 2.77. The monoisotopic (exact) mass is 398 g/mol. The van der Waals surface area contributed by atoms with Gasteiger partial charge in [-0.05, 0) is 30.5 Å². The van der Waals surface area contributed by atoms with Crippen molar-refractivity contribution in [2.24, 2.45) is 0 Å². The largest absolute Gasteiger partial charge is 0.422 e. The first kappa shape index (κ1) is 20.1. The maximum Gasteiger partial charge on any atom is 0.349 e. The molecule has 1 amide bonds. The third-order valence-corrected chi connectivity index (χ3v) is 5.06. The van der Waals surface area contributed by atoms with Crippen molar-refractivity contribution in [3.63, 3.8) is 0 Å². The van der Waals surface area contributed by atoms with Crippen molar-refractivity contribution in [2.75, 3.05) is 13.1 Å². The number of hydrogen-bond donors (Lipinski definition) is 1. The van der Waals surface area contributed by atoms with Crippen molar-refractivity contribution in [2.45, 2.75) is 25.4 Å². The summed E-state index contributed by atoms with van der Waals surface area (Å²) in [4.78, 5) is 27.1. The molecule has 1 aliphatic rings. The molecule has 4 rings (SSSR count). The number of amides is 1. The number of carbonyl (C=O) groups is 1. The van der Waals surface area contributed by atoms with Crippen molar-refractivity contribution in [1.29, 1.82) is 0 Å². The summed E-state index contributed by atoms with van der Waals surface area (Å²) in [5.41, 5.74) is 1.27. The Morgan fingerprint density at radius 1 is 1.04 bits per heavy atom. The first-order valence-corrected chi connectivity index (χ1v) is 9.29. The normalized spacial score (nSPS) is 15.1. The number of rotatable bonds is 4. The maximum absolute atomic E-state index is 12.6. The Hall–Kier alpha value is -2.63. The topological polar surface area (TPSA) is 62.6 Å². The molecule has 2 heterocycles. The minimum Gasteiger partial charge on any atom is -0.422 e. The quantitative estimate of drug-likeness (QED) is 0.682. The molecule has 0 bridgehead atoms. The number of likely N-dealkylation sites (tertiary alicyclic amines) is 1. The minimum absolute atomic E-state index is 0. The fourth-order valence-corrected chi connectivity index (χ4v) is 3.56. The number of carbonyl (C=O) groups excluding carboxylic acids is 1. The fourth-order valence-electron chi connectivity index (χ4n) is 3.56. The molecule has 1 aliphatic heterocycles. The maximum atomic E-state index is 12.6. The van der Waals surface area contributed by atoms with Gasteiger partial charge in [0.15, 0.2) is 0 Å². The Morgan fingerprint density at radius 2 is 1.71 bits per heavy atom. The second-order valence-corrected chi connectivity index (χ2v) is 6.99. The molecular weight excluding hydrogens is 376 g/mol. The lowest BCUT2D eigenvalue weighted by Gasteiger charge is -2.32. The molecule has 5 nitrogen and oxygen atoms in total. The minimum atomic E-state index is -0.590. The molecular formula is C22H23ClN2O3. The summed E-state index contributed by atoms with van der Waals surface area (Å²) in [5, 5.41) is 3.75. The van der Waals surface area contributed by atoms with Gasteiger partial charge in [0.1, 0.15) is 11.1 Å². The first-order valence-electron chi connectivity index (χ1n) is 9.29. The van der Waals surface area contributed by atoms with Crippen LogP contribution >= 0.6 is 12.4 Å². The first-order chi connectivity index (χ1) is 13.2. The van der Waals surface area contributed by atoms with Crippen LogP contribution in [0, 0.1) is 0 Å². The summed E-state index contributed by atoms with van der Waals surface area (Å²) < 4.78 is 5.26. The highest BCUT2D eigenvalue weighted by Crippen LogP contribution is 2.16. The van der Waals surface area contributed by atoms with Crippen molar-refractivity contribution in [3.05, 3.63) is 82.2 Å². The zero-order valence-electron chi connectivity index (χ0n) is 15.5. The second-order valence-electron chi connectivity index (χ2n) is 6.99. The van der Waals surface area contributed by atoms with Gasteiger partial charge in [-0.25, -0.2) is 4.79 Å². The lowest BCUT2D eigenvalue weighted by atomic mass is 10.0. The van der Waals surface area contributed by atoms with Crippen LogP contribution in [0.5, 0.6) is 0 Å². The van der Waals surface area contributed by atoms with E-state index < -0.39 is 5.63 Å². The average Bonchev–Trinajstić information content (AvgIpc) is 2.69. The van der Waals surface area contributed by atoms with Gasteiger partial charge in [-0.15, -0.1) is 12.4 Å². The zero-order chi connectivity index (χ0) is 18.6. The number of nitrogens with zero attached hydrogens (tertiary/aromatic N) is 1. The Labute approximate surface area is 169 Å². The van der Waals surface area contributed by atoms with Crippen molar-refractivity contribution < 1.29 is 9.21 Å². The second kappa shape index (κ2) is 9.04. The molecule has 0 atom stereocenters. The Balaban J connectivity index is 0.00000225. The fraction of sp³-hybridized carbons (Fsp3) is 0.273. The summed E-state index contributed by atoms with van der Waals surface area (Å²) in [6, 6.07) is 19.3. The van der Waals surface area contributed by atoms with Crippen LogP contribution in [0.3, 0.4) is 0 Å². The highest BCUT2D eigenvalue weighted by Gasteiger charge is 2.22. The number of piperidine rings is 1. The smallest absolute Gasteiger partial charge is 0.349 e. The van der Waals surface area contributed by atoms with E-state index in [1.807, 2.05) is 18.2 Å². The molecule has 1 aromatic heterocycles. The van der Waals surface area contributed by atoms with E-state index in [0.29, 0.717) is 5.58 Å². The van der Waals surface area contributed by atoms with Crippen LogP contribution in [0.4, 0.5) is 0 Å². The molecule has 1 N–H and O–H groups in total. The predicted molar refractivity (Wildman–Crippen MR) is 112 cm³/mol. The van der Waals surface area contributed by atoms with Gasteiger partial charge in [0, 0.05) is 31.1 Å². The number of nitrogens with one attached hydrogen (secondary N) is 1. The molecule has 0 aliphatic carbocycles. The molecule has 0 radical (unpaired) electrons. The summed E-state index contributed by atoms with van der Waals surface area (Å²) in [5.74, 6) is -0.351. The van der Waals surface area contributed by atoms with Crippen LogP contribution in [0.25, 0.3) is 11.0 Å². The lowest BCUT2D eigenvalue weighted by molar-refractivity contribution is 0.0905. The van der Waals surface area contributed by atoms with Crippen LogP contribution in [0.15, 0.2) is 69.9 Å². The highest BCUT2D eigenvalue weighted by atomic mass is 35.5. The number of fused-ring (bicyclic) bond motifs is 1. The standard InChI is InChI=1S/C22H22N2O3.ClH/c25-21(19-14-17-8-4-5-9-20(17)27-22(19)26)23-18-10-12-24(13-11-18)15-16-6-2-1-3-7-16;/h1-9,14,18H,10-13,15H2,(H,23,25);1H. The van der Waals surface area contributed by atoms with E-state index in [1.54, 1.807) is 18.2 Å². The van der Waals surface area contributed by atoms with E-state index in [0.717, 1.165) is 37.9 Å². The van der Waals surface area contributed by atoms with Gasteiger partial charge >= 0.3 is 5.63 Å². The van der Waals surface area contributed by atoms with Crippen molar-refractivity contribution >= 4 is 29.3 Å². The van der Waals surface area contributed by atoms with E-state index in [1.165, 1.54) is 5.56 Å². The van der Waals surface area contributed by atoms with Gasteiger partial charge in [-0.2, -0.15) is 0 Å². The summed E-state index contributed by atoms with van der Waals surface area (Å²) in [6.07, 6.45) is 1.75. The van der Waals surface area contributed by atoms with Gasteiger partial charge in [-0.1, -0.05) is 48.5 Å². The highest BCUT2D eigenvalue weighted by molar-refractivity contribution is 5.96. The van der Waals surface area contributed by atoms with Gasteiger partial charge in [0.25, 0.3) is 5.91 Å². The molecule has 0 spiro atoms. The van der Waals surface area contributed by atoms with E-state index >= 15 is 0 Å². The third-order valence-electron chi connectivity index (χ3n) is 5.06. The molecule has 28 heavy (non-hydrogen) atoms. The molecule has 2 aromatic carbocycles. The van der Waals surface area contributed by atoms with Crippen LogP contribution < -0.4 is 10.9 Å². The Morgan fingerprint density at radius 3 is 2.46 bits per heavy atom. The summed E-state index contributed by atoms with van der Waals surface area (Å²) in [7, 11) is 0. The molecule has 146 valence electrons. The molecule has 6 heteroatoms. The summed E-state index contributed by atoms with van der Waals surface area (Å²) >= 11 is 0. The number of halogens is 1. The average molecular weight is 399 g/mol.